The molecule has 0 spiro atoms. The Kier molecular flexibility index (Phi) is 6.97. The lowest BCUT2D eigenvalue weighted by atomic mass is 10.00. The normalized spacial score (nSPS) is 16.7. The Morgan fingerprint density at radius 2 is 2.04 bits per heavy atom. The van der Waals surface area contributed by atoms with Crippen LogP contribution in [0.25, 0.3) is 0 Å². The van der Waals surface area contributed by atoms with Crippen LogP contribution in [0.4, 0.5) is 13.6 Å². The van der Waals surface area contributed by atoms with Gasteiger partial charge in [-0.2, -0.15) is 0 Å². The zero-order valence-corrected chi connectivity index (χ0v) is 14.4. The van der Waals surface area contributed by atoms with Gasteiger partial charge in [-0.15, -0.1) is 0 Å². The van der Waals surface area contributed by atoms with Crippen LogP contribution in [0.15, 0.2) is 18.2 Å². The highest BCUT2D eigenvalue weighted by Crippen LogP contribution is 2.16. The molecule has 0 bridgehead atoms. The highest BCUT2D eigenvalue weighted by molar-refractivity contribution is 5.74. The van der Waals surface area contributed by atoms with E-state index in [-0.39, 0.29) is 12.1 Å². The quantitative estimate of drug-likeness (QED) is 0.863. The van der Waals surface area contributed by atoms with Gasteiger partial charge in [-0.3, -0.25) is 0 Å². The summed E-state index contributed by atoms with van der Waals surface area (Å²) >= 11 is 0. The Hall–Kier alpha value is -1.69. The number of hydrogen-bond donors (Lipinski definition) is 1. The van der Waals surface area contributed by atoms with Crippen molar-refractivity contribution in [2.24, 2.45) is 5.92 Å². The third-order valence-corrected chi connectivity index (χ3v) is 4.44. The molecule has 0 radical (unpaired) electrons. The van der Waals surface area contributed by atoms with Gasteiger partial charge < -0.3 is 15.0 Å². The molecular weight excluding hydrogens is 314 g/mol. The summed E-state index contributed by atoms with van der Waals surface area (Å²) in [6, 6.07) is 3.78. The van der Waals surface area contributed by atoms with Gasteiger partial charge in [-0.1, -0.05) is 6.07 Å². The van der Waals surface area contributed by atoms with E-state index in [1.165, 1.54) is 6.07 Å². The molecule has 1 aromatic rings. The molecule has 0 saturated carbocycles. The maximum atomic E-state index is 13.2. The molecule has 4 nitrogen and oxygen atoms in total. The van der Waals surface area contributed by atoms with E-state index in [4.69, 9.17) is 4.74 Å². The number of hydrogen-bond acceptors (Lipinski definition) is 2. The van der Waals surface area contributed by atoms with E-state index < -0.39 is 11.6 Å². The Bertz CT molecular complexity index is 548. The summed E-state index contributed by atoms with van der Waals surface area (Å²) in [5.41, 5.74) is 0.727. The first-order valence-electron chi connectivity index (χ1n) is 8.49. The molecule has 0 aliphatic carbocycles. The molecule has 1 aliphatic rings. The molecular formula is C18H26F2N2O2. The molecule has 1 atom stereocenters. The van der Waals surface area contributed by atoms with E-state index in [9.17, 15) is 13.6 Å². The molecule has 0 unspecified atom stereocenters. The zero-order chi connectivity index (χ0) is 17.5. The van der Waals surface area contributed by atoms with E-state index in [1.54, 1.807) is 18.0 Å². The van der Waals surface area contributed by atoms with Crippen LogP contribution in [0, 0.1) is 17.6 Å². The number of rotatable bonds is 6. The van der Waals surface area contributed by atoms with Gasteiger partial charge in [0.05, 0.1) is 0 Å². The van der Waals surface area contributed by atoms with Crippen molar-refractivity contribution in [1.82, 2.24) is 10.2 Å². The van der Waals surface area contributed by atoms with Crippen molar-refractivity contribution >= 4 is 6.03 Å². The van der Waals surface area contributed by atoms with Gasteiger partial charge >= 0.3 is 6.03 Å². The van der Waals surface area contributed by atoms with Crippen molar-refractivity contribution in [3.8, 4) is 0 Å². The van der Waals surface area contributed by atoms with Crippen molar-refractivity contribution < 1.29 is 18.3 Å². The summed E-state index contributed by atoms with van der Waals surface area (Å²) in [5, 5.41) is 2.95. The number of carbonyl (C=O) groups excluding carboxylic acids is 1. The maximum Gasteiger partial charge on any atom is 0.317 e. The summed E-state index contributed by atoms with van der Waals surface area (Å²) < 4.78 is 31.4. The molecule has 1 N–H and O–H groups in total. The fourth-order valence-electron chi connectivity index (χ4n) is 2.87. The second kappa shape index (κ2) is 8.97. The lowest BCUT2D eigenvalue weighted by molar-refractivity contribution is 0.0585. The van der Waals surface area contributed by atoms with Gasteiger partial charge in [0.25, 0.3) is 0 Å². The molecule has 134 valence electrons. The topological polar surface area (TPSA) is 41.6 Å². The van der Waals surface area contributed by atoms with Gasteiger partial charge in [-0.25, -0.2) is 13.6 Å². The first-order chi connectivity index (χ1) is 11.5. The largest absolute Gasteiger partial charge is 0.381 e. The molecule has 1 heterocycles. The number of benzene rings is 1. The number of ether oxygens (including phenoxy) is 1. The Morgan fingerprint density at radius 3 is 2.71 bits per heavy atom. The van der Waals surface area contributed by atoms with Crippen LogP contribution in [0.3, 0.4) is 0 Å². The standard InChI is InChI=1S/C18H26F2N2O2/c1-13(3-4-14-5-6-16(19)17(20)11-14)21-18(23)22(2)12-15-7-9-24-10-8-15/h5-6,11,13,15H,3-4,7-10,12H2,1-2H3,(H,21,23)/t13-/m0/s1. The summed E-state index contributed by atoms with van der Waals surface area (Å²) in [7, 11) is 1.80. The predicted octanol–water partition coefficient (Wildman–Crippen LogP) is 3.35. The van der Waals surface area contributed by atoms with E-state index in [0.717, 1.165) is 44.2 Å². The Balaban J connectivity index is 1.72. The number of nitrogens with zero attached hydrogens (tertiary/aromatic N) is 1. The van der Waals surface area contributed by atoms with Crippen molar-refractivity contribution in [2.75, 3.05) is 26.8 Å². The minimum absolute atomic E-state index is 0.0391. The third-order valence-electron chi connectivity index (χ3n) is 4.44. The smallest absolute Gasteiger partial charge is 0.317 e. The van der Waals surface area contributed by atoms with Gasteiger partial charge in [0.1, 0.15) is 0 Å². The summed E-state index contributed by atoms with van der Waals surface area (Å²) in [6.07, 6.45) is 3.23. The lowest BCUT2D eigenvalue weighted by Crippen LogP contribution is -2.44. The van der Waals surface area contributed by atoms with Gasteiger partial charge in [-0.05, 0) is 56.2 Å². The maximum absolute atomic E-state index is 13.2. The Morgan fingerprint density at radius 1 is 1.33 bits per heavy atom. The molecule has 1 aliphatic heterocycles. The number of halogens is 2. The number of carbonyl (C=O) groups is 1. The summed E-state index contributed by atoms with van der Waals surface area (Å²) in [6.45, 7) is 4.18. The molecule has 1 saturated heterocycles. The molecule has 1 aromatic carbocycles. The van der Waals surface area contributed by atoms with E-state index in [0.29, 0.717) is 18.8 Å². The van der Waals surface area contributed by atoms with Crippen molar-refractivity contribution in [2.45, 2.75) is 38.6 Å². The molecule has 2 amide bonds. The number of aryl methyl sites for hydroxylation is 1. The average molecular weight is 340 g/mol. The van der Waals surface area contributed by atoms with Gasteiger partial charge in [0.15, 0.2) is 11.6 Å². The van der Waals surface area contributed by atoms with Crippen molar-refractivity contribution in [3.63, 3.8) is 0 Å². The van der Waals surface area contributed by atoms with Crippen LogP contribution in [0.2, 0.25) is 0 Å². The molecule has 6 heteroatoms. The minimum Gasteiger partial charge on any atom is -0.381 e. The van der Waals surface area contributed by atoms with Crippen LogP contribution in [-0.2, 0) is 11.2 Å². The molecule has 1 fully saturated rings. The molecule has 2 rings (SSSR count). The van der Waals surface area contributed by atoms with Crippen LogP contribution >= 0.6 is 0 Å². The Labute approximate surface area is 142 Å². The third kappa shape index (κ3) is 5.74. The second-order valence-corrected chi connectivity index (χ2v) is 6.57. The van der Waals surface area contributed by atoms with E-state index in [2.05, 4.69) is 5.32 Å². The lowest BCUT2D eigenvalue weighted by Gasteiger charge is -2.28. The van der Waals surface area contributed by atoms with Gasteiger partial charge in [0.2, 0.25) is 0 Å². The summed E-state index contributed by atoms with van der Waals surface area (Å²) in [5.74, 6) is -1.18. The van der Waals surface area contributed by atoms with Crippen molar-refractivity contribution in [3.05, 3.63) is 35.4 Å². The number of urea groups is 1. The average Bonchev–Trinajstić information content (AvgIpc) is 2.56. The summed E-state index contributed by atoms with van der Waals surface area (Å²) in [4.78, 5) is 13.9. The van der Waals surface area contributed by atoms with E-state index in [1.807, 2.05) is 6.92 Å². The molecule has 24 heavy (non-hydrogen) atoms. The number of amides is 2. The number of nitrogens with one attached hydrogen (secondary N) is 1. The minimum atomic E-state index is -0.838. The van der Waals surface area contributed by atoms with Crippen LogP contribution < -0.4 is 5.32 Å². The van der Waals surface area contributed by atoms with Crippen LogP contribution in [-0.4, -0.2) is 43.8 Å². The van der Waals surface area contributed by atoms with Gasteiger partial charge in [0, 0.05) is 32.8 Å². The van der Waals surface area contributed by atoms with Crippen LogP contribution in [0.1, 0.15) is 31.7 Å². The highest BCUT2D eigenvalue weighted by Gasteiger charge is 2.19. The van der Waals surface area contributed by atoms with Crippen LogP contribution in [0.5, 0.6) is 0 Å². The molecule has 0 aromatic heterocycles. The SMILES string of the molecule is C[C@@H](CCc1ccc(F)c(F)c1)NC(=O)N(C)CC1CCOCC1. The first-order valence-corrected chi connectivity index (χ1v) is 8.49. The van der Waals surface area contributed by atoms with Crippen molar-refractivity contribution in [1.29, 1.82) is 0 Å². The van der Waals surface area contributed by atoms with E-state index >= 15 is 0 Å². The predicted molar refractivity (Wildman–Crippen MR) is 88.8 cm³/mol. The second-order valence-electron chi connectivity index (χ2n) is 6.57. The monoisotopic (exact) mass is 340 g/mol. The first kappa shape index (κ1) is 18.6. The highest BCUT2D eigenvalue weighted by atomic mass is 19.2. The zero-order valence-electron chi connectivity index (χ0n) is 14.4. The fourth-order valence-corrected chi connectivity index (χ4v) is 2.87. The fraction of sp³-hybridized carbons (Fsp3) is 0.611.